The highest BCUT2D eigenvalue weighted by Gasteiger charge is 2.55. The van der Waals surface area contributed by atoms with Crippen LogP contribution in [-0.2, 0) is 29.1 Å². The predicted molar refractivity (Wildman–Crippen MR) is 117 cm³/mol. The lowest BCUT2D eigenvalue weighted by molar-refractivity contribution is -0.441. The molecule has 1 aliphatic carbocycles. The minimum atomic E-state index is -3.54. The Morgan fingerprint density at radius 3 is 2.41 bits per heavy atom. The largest absolute Gasteiger partial charge is 0.482 e. The first-order valence-electron chi connectivity index (χ1n) is 10.7. The van der Waals surface area contributed by atoms with Crippen LogP contribution < -0.4 is 4.74 Å². The Bertz CT molecular complexity index is 1040. The molecule has 2 aliphatic rings. The molecule has 0 unspecified atom stereocenters. The van der Waals surface area contributed by atoms with E-state index in [9.17, 15) is 13.2 Å². The number of hydrogen-bond donors (Lipinski definition) is 0. The summed E-state index contributed by atoms with van der Waals surface area (Å²) < 4.78 is 37.0. The number of ether oxygens (including phenoxy) is 2. The van der Waals surface area contributed by atoms with Crippen molar-refractivity contribution in [3.8, 4) is 5.75 Å². The standard InChI is InChI=1S/C24H28O7S/c1-23(29-22(25)16-28-19-9-5-3-6-10-19)14-13-18-15-21(23)30-31-24(18,2)17-32(26,27)20-11-7-4-8-12-20/h3-12,18,21H,13-17H2,1-2H3/t18-,21-,23-,24+/m1/s1. The smallest absolute Gasteiger partial charge is 0.344 e. The molecule has 0 N–H and O–H groups in total. The topological polar surface area (TPSA) is 88.1 Å². The lowest BCUT2D eigenvalue weighted by atomic mass is 9.71. The van der Waals surface area contributed by atoms with Gasteiger partial charge in [-0.05, 0) is 63.3 Å². The maximum atomic E-state index is 12.9. The summed E-state index contributed by atoms with van der Waals surface area (Å²) in [6.07, 6.45) is 1.27. The first-order valence-corrected chi connectivity index (χ1v) is 12.4. The summed E-state index contributed by atoms with van der Waals surface area (Å²) in [5.74, 6) is -0.112. The number of para-hydroxylation sites is 1. The number of esters is 1. The van der Waals surface area contributed by atoms with Crippen LogP contribution in [0.3, 0.4) is 0 Å². The van der Waals surface area contributed by atoms with E-state index >= 15 is 0 Å². The Labute approximate surface area is 188 Å². The van der Waals surface area contributed by atoms with Crippen molar-refractivity contribution in [1.82, 2.24) is 0 Å². The third-order valence-electron chi connectivity index (χ3n) is 6.41. The zero-order valence-corrected chi connectivity index (χ0v) is 19.0. The molecular formula is C24H28O7S. The maximum absolute atomic E-state index is 12.9. The van der Waals surface area contributed by atoms with Gasteiger partial charge in [-0.2, -0.15) is 0 Å². The van der Waals surface area contributed by atoms with Crippen LogP contribution in [0, 0.1) is 5.92 Å². The number of hydrogen-bond acceptors (Lipinski definition) is 7. The molecular weight excluding hydrogens is 432 g/mol. The minimum absolute atomic E-state index is 0.0351. The lowest BCUT2D eigenvalue weighted by Crippen LogP contribution is -2.60. The summed E-state index contributed by atoms with van der Waals surface area (Å²) in [6, 6.07) is 17.4. The highest BCUT2D eigenvalue weighted by Crippen LogP contribution is 2.47. The van der Waals surface area contributed by atoms with Crippen molar-refractivity contribution in [3.63, 3.8) is 0 Å². The molecule has 1 heterocycles. The van der Waals surface area contributed by atoms with Gasteiger partial charge in [0.2, 0.25) is 0 Å². The van der Waals surface area contributed by atoms with Crippen LogP contribution in [-0.4, -0.2) is 44.1 Å². The zero-order valence-electron chi connectivity index (χ0n) is 18.2. The monoisotopic (exact) mass is 460 g/mol. The first-order chi connectivity index (χ1) is 15.2. The van der Waals surface area contributed by atoms with Gasteiger partial charge in [0.25, 0.3) is 0 Å². The van der Waals surface area contributed by atoms with Gasteiger partial charge >= 0.3 is 5.97 Å². The zero-order chi connectivity index (χ0) is 22.8. The van der Waals surface area contributed by atoms with Crippen LogP contribution in [0.15, 0.2) is 65.6 Å². The highest BCUT2D eigenvalue weighted by molar-refractivity contribution is 7.91. The molecule has 32 heavy (non-hydrogen) atoms. The Hall–Kier alpha value is -2.42. The van der Waals surface area contributed by atoms with Crippen LogP contribution >= 0.6 is 0 Å². The van der Waals surface area contributed by atoms with Crippen molar-refractivity contribution < 1.29 is 32.5 Å². The second-order valence-electron chi connectivity index (χ2n) is 8.91. The summed E-state index contributed by atoms with van der Waals surface area (Å²) in [6.45, 7) is 3.39. The fourth-order valence-corrected chi connectivity index (χ4v) is 6.25. The molecule has 4 atom stereocenters. The van der Waals surface area contributed by atoms with Crippen molar-refractivity contribution in [1.29, 1.82) is 0 Å². The average Bonchev–Trinajstić information content (AvgIpc) is 2.78. The SMILES string of the molecule is C[C@@]1(OC(=O)COc2ccccc2)CC[C@@H]2C[C@H]1OO[C@@]2(C)CS(=O)(=O)c1ccccc1. The van der Waals surface area contributed by atoms with Gasteiger partial charge in [0.15, 0.2) is 16.4 Å². The van der Waals surface area contributed by atoms with Gasteiger partial charge in [0.05, 0.1) is 10.6 Å². The number of rotatable bonds is 7. The van der Waals surface area contributed by atoms with Gasteiger partial charge in [-0.3, -0.25) is 0 Å². The van der Waals surface area contributed by atoms with E-state index in [2.05, 4.69) is 0 Å². The van der Waals surface area contributed by atoms with Crippen LogP contribution in [0.1, 0.15) is 33.1 Å². The maximum Gasteiger partial charge on any atom is 0.344 e. The third-order valence-corrected chi connectivity index (χ3v) is 8.36. The summed E-state index contributed by atoms with van der Waals surface area (Å²) in [5.41, 5.74) is -1.85. The second-order valence-corrected chi connectivity index (χ2v) is 10.9. The Morgan fingerprint density at radius 1 is 1.06 bits per heavy atom. The van der Waals surface area contributed by atoms with Gasteiger partial charge in [0, 0.05) is 0 Å². The Balaban J connectivity index is 1.37. The third kappa shape index (κ3) is 4.82. The summed E-state index contributed by atoms with van der Waals surface area (Å²) in [5, 5.41) is 0. The van der Waals surface area contributed by atoms with Crippen LogP contribution in [0.4, 0.5) is 0 Å². The first kappa shape index (κ1) is 22.8. The van der Waals surface area contributed by atoms with E-state index < -0.39 is 33.1 Å². The van der Waals surface area contributed by atoms with Crippen molar-refractivity contribution in [2.45, 2.75) is 55.3 Å². The van der Waals surface area contributed by atoms with E-state index in [-0.39, 0.29) is 23.2 Å². The molecule has 0 amide bonds. The fraction of sp³-hybridized carbons (Fsp3) is 0.458. The highest BCUT2D eigenvalue weighted by atomic mass is 32.2. The molecule has 2 aromatic rings. The van der Waals surface area contributed by atoms with E-state index in [1.807, 2.05) is 25.1 Å². The van der Waals surface area contributed by atoms with Gasteiger partial charge in [-0.1, -0.05) is 36.4 Å². The number of benzene rings is 2. The number of fused-ring (bicyclic) bond motifs is 2. The van der Waals surface area contributed by atoms with Crippen LogP contribution in [0.5, 0.6) is 5.75 Å². The van der Waals surface area contributed by atoms with Crippen LogP contribution in [0.25, 0.3) is 0 Å². The predicted octanol–water partition coefficient (Wildman–Crippen LogP) is 3.73. The molecule has 2 fully saturated rings. The molecule has 8 heteroatoms. The van der Waals surface area contributed by atoms with Gasteiger partial charge in [-0.15, -0.1) is 0 Å². The van der Waals surface area contributed by atoms with E-state index in [0.29, 0.717) is 25.0 Å². The lowest BCUT2D eigenvalue weighted by Gasteiger charge is -2.51. The quantitative estimate of drug-likeness (QED) is 0.459. The van der Waals surface area contributed by atoms with Gasteiger partial charge in [0.1, 0.15) is 23.1 Å². The Kier molecular flexibility index (Phi) is 6.29. The Morgan fingerprint density at radius 2 is 1.72 bits per heavy atom. The average molecular weight is 461 g/mol. The van der Waals surface area contributed by atoms with Gasteiger partial charge in [-0.25, -0.2) is 23.0 Å². The van der Waals surface area contributed by atoms with Crippen molar-refractivity contribution in [2.75, 3.05) is 12.4 Å². The van der Waals surface area contributed by atoms with Gasteiger partial charge < -0.3 is 9.47 Å². The second kappa shape index (κ2) is 8.84. The summed E-state index contributed by atoms with van der Waals surface area (Å²) in [4.78, 5) is 24.0. The van der Waals surface area contributed by atoms with Crippen molar-refractivity contribution in [2.24, 2.45) is 5.92 Å². The minimum Gasteiger partial charge on any atom is -0.482 e. The van der Waals surface area contributed by atoms with Crippen LogP contribution in [0.2, 0.25) is 0 Å². The number of carbonyl (C=O) groups excluding carboxylic acids is 1. The molecule has 7 nitrogen and oxygen atoms in total. The molecule has 2 aromatic carbocycles. The molecule has 4 rings (SSSR count). The normalized spacial score (nSPS) is 29.8. The van der Waals surface area contributed by atoms with E-state index in [0.717, 1.165) is 0 Å². The number of carbonyl (C=O) groups is 1. The molecule has 1 aliphatic heterocycles. The molecule has 0 radical (unpaired) electrons. The summed E-state index contributed by atoms with van der Waals surface area (Å²) >= 11 is 0. The molecule has 1 saturated carbocycles. The molecule has 0 aromatic heterocycles. The summed E-state index contributed by atoms with van der Waals surface area (Å²) in [7, 11) is -3.54. The fourth-order valence-electron chi connectivity index (χ4n) is 4.47. The molecule has 1 saturated heterocycles. The van der Waals surface area contributed by atoms with Crippen molar-refractivity contribution in [3.05, 3.63) is 60.7 Å². The van der Waals surface area contributed by atoms with Crippen molar-refractivity contribution >= 4 is 15.8 Å². The molecule has 0 spiro atoms. The van der Waals surface area contributed by atoms with E-state index in [1.165, 1.54) is 0 Å². The van der Waals surface area contributed by atoms with E-state index in [4.69, 9.17) is 19.2 Å². The number of sulfone groups is 1. The molecule has 172 valence electrons. The molecule has 2 bridgehead atoms. The van der Waals surface area contributed by atoms with E-state index in [1.54, 1.807) is 49.4 Å².